The molecule has 0 amide bonds. The molecule has 1 rings (SSSR count). The van der Waals surface area contributed by atoms with Crippen molar-refractivity contribution >= 4 is 0 Å². The molecule has 1 saturated carbocycles. The maximum Gasteiger partial charge on any atom is 0.0638 e. The molecular formula is C9H16N2. The third kappa shape index (κ3) is 2.51. The average Bonchev–Trinajstić information content (AvgIpc) is 2.07. The van der Waals surface area contributed by atoms with Crippen LogP contribution >= 0.6 is 0 Å². The summed E-state index contributed by atoms with van der Waals surface area (Å²) >= 11 is 0. The monoisotopic (exact) mass is 152 g/mol. The number of hydrogen-bond donors (Lipinski definition) is 1. The second-order valence-electron chi connectivity index (χ2n) is 3.42. The normalized spacial score (nSPS) is 22.5. The van der Waals surface area contributed by atoms with Gasteiger partial charge in [-0.3, -0.25) is 0 Å². The van der Waals surface area contributed by atoms with E-state index < -0.39 is 0 Å². The molecule has 0 saturated heterocycles. The molecule has 0 radical (unpaired) electrons. The Bertz CT molecular complexity index is 142. The van der Waals surface area contributed by atoms with Crippen LogP contribution in [0.2, 0.25) is 0 Å². The van der Waals surface area contributed by atoms with Crippen molar-refractivity contribution < 1.29 is 0 Å². The topological polar surface area (TPSA) is 49.8 Å². The van der Waals surface area contributed by atoms with E-state index in [2.05, 4.69) is 6.07 Å². The molecule has 1 unspecified atom stereocenters. The van der Waals surface area contributed by atoms with Crippen LogP contribution in [-0.4, -0.2) is 6.04 Å². The summed E-state index contributed by atoms with van der Waals surface area (Å²) < 4.78 is 0. The van der Waals surface area contributed by atoms with Crippen LogP contribution in [-0.2, 0) is 0 Å². The third-order valence-electron chi connectivity index (χ3n) is 2.58. The zero-order chi connectivity index (χ0) is 8.10. The average molecular weight is 152 g/mol. The van der Waals surface area contributed by atoms with Gasteiger partial charge in [-0.25, -0.2) is 0 Å². The Labute approximate surface area is 68.4 Å². The van der Waals surface area contributed by atoms with E-state index >= 15 is 0 Å². The van der Waals surface area contributed by atoms with Crippen molar-refractivity contribution in [1.29, 1.82) is 5.26 Å². The van der Waals surface area contributed by atoms with Crippen molar-refractivity contribution in [3.8, 4) is 6.07 Å². The minimum atomic E-state index is 0.139. The summed E-state index contributed by atoms with van der Waals surface area (Å²) in [5.41, 5.74) is 5.84. The van der Waals surface area contributed by atoms with Crippen LogP contribution in [0.5, 0.6) is 0 Å². The minimum absolute atomic E-state index is 0.139. The van der Waals surface area contributed by atoms with Crippen LogP contribution in [0.15, 0.2) is 0 Å². The van der Waals surface area contributed by atoms with E-state index in [1.165, 1.54) is 32.1 Å². The van der Waals surface area contributed by atoms with E-state index in [0.717, 1.165) is 0 Å². The van der Waals surface area contributed by atoms with Crippen LogP contribution < -0.4 is 5.73 Å². The van der Waals surface area contributed by atoms with Crippen molar-refractivity contribution in [2.45, 2.75) is 44.6 Å². The fraction of sp³-hybridized carbons (Fsp3) is 0.889. The first-order chi connectivity index (χ1) is 5.34. The Morgan fingerprint density at radius 3 is 2.55 bits per heavy atom. The highest BCUT2D eigenvalue weighted by Crippen LogP contribution is 2.26. The van der Waals surface area contributed by atoms with E-state index in [9.17, 15) is 0 Å². The van der Waals surface area contributed by atoms with E-state index in [0.29, 0.717) is 12.3 Å². The second kappa shape index (κ2) is 4.35. The van der Waals surface area contributed by atoms with Gasteiger partial charge in [0.15, 0.2) is 0 Å². The smallest absolute Gasteiger partial charge is 0.0638 e. The Morgan fingerprint density at radius 1 is 1.36 bits per heavy atom. The molecule has 0 bridgehead atoms. The Balaban J connectivity index is 2.27. The van der Waals surface area contributed by atoms with Gasteiger partial charge in [-0.1, -0.05) is 19.3 Å². The molecule has 0 aliphatic heterocycles. The molecule has 0 spiro atoms. The lowest BCUT2D eigenvalue weighted by Gasteiger charge is -2.25. The molecule has 1 aliphatic carbocycles. The van der Waals surface area contributed by atoms with Gasteiger partial charge < -0.3 is 5.73 Å². The molecule has 0 aromatic heterocycles. The van der Waals surface area contributed by atoms with Gasteiger partial charge in [0.1, 0.15) is 0 Å². The van der Waals surface area contributed by atoms with Gasteiger partial charge in [0.2, 0.25) is 0 Å². The van der Waals surface area contributed by atoms with Gasteiger partial charge in [-0.2, -0.15) is 5.26 Å². The van der Waals surface area contributed by atoms with E-state index in [-0.39, 0.29) is 6.04 Å². The molecule has 2 heteroatoms. The fourth-order valence-electron chi connectivity index (χ4n) is 1.83. The van der Waals surface area contributed by atoms with Crippen molar-refractivity contribution in [2.75, 3.05) is 0 Å². The van der Waals surface area contributed by atoms with Gasteiger partial charge in [-0.15, -0.1) is 0 Å². The predicted molar refractivity (Wildman–Crippen MR) is 44.8 cm³/mol. The lowest BCUT2D eigenvalue weighted by atomic mass is 9.83. The quantitative estimate of drug-likeness (QED) is 0.656. The molecule has 1 fully saturated rings. The number of nitriles is 1. The molecule has 0 heterocycles. The summed E-state index contributed by atoms with van der Waals surface area (Å²) in [6.07, 6.45) is 6.99. The first-order valence-corrected chi connectivity index (χ1v) is 4.47. The number of nitrogens with two attached hydrogens (primary N) is 1. The van der Waals surface area contributed by atoms with Crippen LogP contribution in [0.1, 0.15) is 38.5 Å². The number of nitrogens with zero attached hydrogens (tertiary/aromatic N) is 1. The lowest BCUT2D eigenvalue weighted by molar-refractivity contribution is 0.306. The van der Waals surface area contributed by atoms with Crippen molar-refractivity contribution in [3.63, 3.8) is 0 Å². The standard InChI is InChI=1S/C9H16N2/c10-7-6-9(11)8-4-2-1-3-5-8/h8-9H,1-6,11H2. The summed E-state index contributed by atoms with van der Waals surface area (Å²) in [7, 11) is 0. The zero-order valence-corrected chi connectivity index (χ0v) is 6.92. The maximum atomic E-state index is 8.44. The molecule has 62 valence electrons. The van der Waals surface area contributed by atoms with Crippen molar-refractivity contribution in [2.24, 2.45) is 11.7 Å². The SMILES string of the molecule is N#CCC(N)C1CCCCC1. The predicted octanol–water partition coefficient (Wildman–Crippen LogP) is 1.81. The first kappa shape index (κ1) is 8.55. The lowest BCUT2D eigenvalue weighted by Crippen LogP contribution is -2.30. The summed E-state index contributed by atoms with van der Waals surface area (Å²) in [5.74, 6) is 0.628. The van der Waals surface area contributed by atoms with E-state index in [4.69, 9.17) is 11.0 Å². The van der Waals surface area contributed by atoms with Gasteiger partial charge in [0.25, 0.3) is 0 Å². The molecule has 0 aromatic rings. The molecule has 0 aromatic carbocycles. The first-order valence-electron chi connectivity index (χ1n) is 4.47. The zero-order valence-electron chi connectivity index (χ0n) is 6.92. The van der Waals surface area contributed by atoms with Crippen LogP contribution in [0.4, 0.5) is 0 Å². The second-order valence-corrected chi connectivity index (χ2v) is 3.42. The molecule has 1 atom stereocenters. The van der Waals surface area contributed by atoms with Gasteiger partial charge in [0, 0.05) is 6.04 Å². The number of rotatable bonds is 2. The molecule has 11 heavy (non-hydrogen) atoms. The van der Waals surface area contributed by atoms with Gasteiger partial charge >= 0.3 is 0 Å². The Morgan fingerprint density at radius 2 is 2.00 bits per heavy atom. The van der Waals surface area contributed by atoms with Gasteiger partial charge in [0.05, 0.1) is 12.5 Å². The highest BCUT2D eigenvalue weighted by molar-refractivity contribution is 4.84. The molecular weight excluding hydrogens is 136 g/mol. The summed E-state index contributed by atoms with van der Waals surface area (Å²) in [6, 6.07) is 2.28. The van der Waals surface area contributed by atoms with E-state index in [1.807, 2.05) is 0 Å². The highest BCUT2D eigenvalue weighted by atomic mass is 14.6. The third-order valence-corrected chi connectivity index (χ3v) is 2.58. The summed E-state index contributed by atoms with van der Waals surface area (Å²) in [5, 5.41) is 8.44. The largest absolute Gasteiger partial charge is 0.327 e. The Kier molecular flexibility index (Phi) is 3.38. The van der Waals surface area contributed by atoms with Gasteiger partial charge in [-0.05, 0) is 18.8 Å². The van der Waals surface area contributed by atoms with Crippen LogP contribution in [0.25, 0.3) is 0 Å². The maximum absolute atomic E-state index is 8.44. The highest BCUT2D eigenvalue weighted by Gasteiger charge is 2.19. The fourth-order valence-corrected chi connectivity index (χ4v) is 1.83. The van der Waals surface area contributed by atoms with Crippen molar-refractivity contribution in [1.82, 2.24) is 0 Å². The Hall–Kier alpha value is -0.550. The summed E-state index contributed by atoms with van der Waals surface area (Å²) in [6.45, 7) is 0. The molecule has 2 N–H and O–H groups in total. The van der Waals surface area contributed by atoms with Crippen molar-refractivity contribution in [3.05, 3.63) is 0 Å². The minimum Gasteiger partial charge on any atom is -0.327 e. The van der Waals surface area contributed by atoms with Crippen LogP contribution in [0.3, 0.4) is 0 Å². The molecule has 2 nitrogen and oxygen atoms in total. The molecule has 1 aliphatic rings. The summed E-state index contributed by atoms with van der Waals surface area (Å²) in [4.78, 5) is 0. The number of hydrogen-bond acceptors (Lipinski definition) is 2. The van der Waals surface area contributed by atoms with Crippen LogP contribution in [0, 0.1) is 17.2 Å². The van der Waals surface area contributed by atoms with E-state index in [1.54, 1.807) is 0 Å².